The van der Waals surface area contributed by atoms with Crippen LogP contribution in [0.3, 0.4) is 0 Å². The van der Waals surface area contributed by atoms with Crippen LogP contribution in [0.5, 0.6) is 0 Å². The fourth-order valence-corrected chi connectivity index (χ4v) is 4.53. The van der Waals surface area contributed by atoms with Gasteiger partial charge >= 0.3 is 5.97 Å². The van der Waals surface area contributed by atoms with E-state index >= 15 is 0 Å². The van der Waals surface area contributed by atoms with E-state index in [1.165, 1.54) is 23.5 Å². The Kier molecular flexibility index (Phi) is 23.4. The lowest BCUT2D eigenvalue weighted by Gasteiger charge is -2.25. The van der Waals surface area contributed by atoms with Crippen molar-refractivity contribution in [2.24, 2.45) is 22.2 Å². The van der Waals surface area contributed by atoms with Gasteiger partial charge in [0.2, 0.25) is 41.4 Å². The second-order valence-electron chi connectivity index (χ2n) is 9.90. The van der Waals surface area contributed by atoms with Gasteiger partial charge in [-0.15, -0.1) is 0 Å². The first-order valence-corrected chi connectivity index (χ1v) is 17.5. The molecule has 0 aliphatic carbocycles. The smallest absolute Gasteiger partial charge is 0.322 e. The molecule has 0 rings (SSSR count). The number of carbonyl (C=O) groups excluding carboxylic acids is 7. The third-order valence-electron chi connectivity index (χ3n) is 6.02. The highest BCUT2D eigenvalue weighted by Crippen LogP contribution is 2.07. The molecular formula is C26H47N11O9S2. The number of carboxylic acids is 1. The number of nitrogens with zero attached hydrogens (tertiary/aromatic N) is 1. The number of aliphatic carboxylic acids is 1. The number of hydrogen-bond acceptors (Lipinski definition) is 12. The zero-order valence-electron chi connectivity index (χ0n) is 26.9. The van der Waals surface area contributed by atoms with E-state index in [0.717, 1.165) is 0 Å². The van der Waals surface area contributed by atoms with E-state index < -0.39 is 91.6 Å². The Morgan fingerprint density at radius 1 is 0.625 bits per heavy atom. The van der Waals surface area contributed by atoms with Gasteiger partial charge in [-0.05, 0) is 49.7 Å². The lowest BCUT2D eigenvalue weighted by Crippen LogP contribution is -2.57. The monoisotopic (exact) mass is 721 g/mol. The lowest BCUT2D eigenvalue weighted by molar-refractivity contribution is -0.138. The van der Waals surface area contributed by atoms with Crippen LogP contribution >= 0.6 is 23.5 Å². The molecule has 0 saturated heterocycles. The highest BCUT2D eigenvalue weighted by molar-refractivity contribution is 7.98. The number of amides is 7. The Morgan fingerprint density at radius 3 is 1.58 bits per heavy atom. The Bertz CT molecular complexity index is 1140. The van der Waals surface area contributed by atoms with E-state index in [2.05, 4.69) is 42.2 Å². The quantitative estimate of drug-likeness (QED) is 0.0238. The molecule has 22 heteroatoms. The fourth-order valence-electron chi connectivity index (χ4n) is 3.59. The van der Waals surface area contributed by atoms with E-state index in [-0.39, 0.29) is 44.7 Å². The van der Waals surface area contributed by atoms with Crippen LogP contribution in [-0.4, -0.2) is 140 Å². The second-order valence-corrected chi connectivity index (χ2v) is 11.9. The summed E-state index contributed by atoms with van der Waals surface area (Å²) in [7, 11) is 0. The van der Waals surface area contributed by atoms with Gasteiger partial charge in [0, 0.05) is 6.54 Å². The first kappa shape index (κ1) is 43.7. The Morgan fingerprint density at radius 2 is 1.08 bits per heavy atom. The van der Waals surface area contributed by atoms with Crippen molar-refractivity contribution in [2.45, 2.75) is 43.8 Å². The van der Waals surface area contributed by atoms with Gasteiger partial charge in [-0.25, -0.2) is 0 Å². The maximum atomic E-state index is 13.5. The second kappa shape index (κ2) is 25.7. The van der Waals surface area contributed by atoms with E-state index in [1.54, 1.807) is 12.5 Å². The zero-order valence-corrected chi connectivity index (χ0v) is 28.6. The molecule has 0 aliphatic rings. The summed E-state index contributed by atoms with van der Waals surface area (Å²) in [4.78, 5) is 102. The van der Waals surface area contributed by atoms with Gasteiger partial charge in [0.25, 0.3) is 0 Å². The summed E-state index contributed by atoms with van der Waals surface area (Å²) in [6.45, 7) is -2.29. The lowest BCUT2D eigenvalue weighted by atomic mass is 10.1. The number of guanidine groups is 1. The van der Waals surface area contributed by atoms with Crippen LogP contribution < -0.4 is 54.4 Å². The van der Waals surface area contributed by atoms with Crippen LogP contribution in [-0.2, 0) is 38.4 Å². The van der Waals surface area contributed by atoms with E-state index in [4.69, 9.17) is 22.3 Å². The molecule has 0 spiro atoms. The maximum Gasteiger partial charge on any atom is 0.322 e. The Hall–Kier alpha value is -4.31. The van der Waals surface area contributed by atoms with Crippen molar-refractivity contribution >= 4 is 76.8 Å². The highest BCUT2D eigenvalue weighted by atomic mass is 32.2. The summed E-state index contributed by atoms with van der Waals surface area (Å²) in [5.41, 5.74) is 16.0. The molecule has 0 fully saturated rings. The third kappa shape index (κ3) is 21.5. The number of hydrogen-bond donors (Lipinski definition) is 11. The van der Waals surface area contributed by atoms with Crippen LogP contribution in [0.2, 0.25) is 0 Å². The standard InChI is InChI=1S/C26H47N11O9S2/c1-47-8-5-16(23(44)34-12-20(40)32-11-19(39)33-14-22(42)43)37-24(45)15(4-3-7-30-26(28)29)36-25(46)17(6-9-48-2)35-21(41)13-31-18(38)10-27/h15-17H,3-14,27H2,1-2H3,(H,31,38)(H,32,40)(H,33,39)(H,34,44)(H,35,41)(H,36,46)(H,37,45)(H,42,43)(H4,28,29,30)/t15-,16-,17-/m0/s1. The molecular weight excluding hydrogens is 674 g/mol. The summed E-state index contributed by atoms with van der Waals surface area (Å²) in [5.74, 6) is -5.32. The molecule has 0 aliphatic heterocycles. The SMILES string of the molecule is CSCC[C@H](NC(=O)CNC(=O)CN)C(=O)N[C@@H](CCCN=C(N)N)C(=O)N[C@@H](CCSC)C(=O)NCC(=O)NCC(=O)NCC(=O)O. The fraction of sp³-hybridized carbons (Fsp3) is 0.654. The van der Waals surface area contributed by atoms with Gasteiger partial charge in [-0.2, -0.15) is 23.5 Å². The predicted molar refractivity (Wildman–Crippen MR) is 180 cm³/mol. The number of nitrogens with two attached hydrogens (primary N) is 3. The van der Waals surface area contributed by atoms with Gasteiger partial charge in [-0.3, -0.25) is 43.3 Å². The summed E-state index contributed by atoms with van der Waals surface area (Å²) in [5, 5.41) is 25.3. The number of carboxylic acid groups (broad SMARTS) is 1. The number of rotatable bonds is 25. The van der Waals surface area contributed by atoms with Crippen molar-refractivity contribution in [2.75, 3.05) is 63.3 Å². The summed E-state index contributed by atoms with van der Waals surface area (Å²) in [6, 6.07) is -3.37. The van der Waals surface area contributed by atoms with Crippen LogP contribution in [0.25, 0.3) is 0 Å². The topological polar surface area (TPSA) is 331 Å². The minimum absolute atomic E-state index is 0.0489. The minimum atomic E-state index is -1.26. The Balaban J connectivity index is 5.64. The van der Waals surface area contributed by atoms with E-state index in [1.807, 2.05) is 0 Å². The van der Waals surface area contributed by atoms with Crippen LogP contribution in [0.1, 0.15) is 25.7 Å². The van der Waals surface area contributed by atoms with E-state index in [0.29, 0.717) is 11.5 Å². The molecule has 20 nitrogen and oxygen atoms in total. The average Bonchev–Trinajstić information content (AvgIpc) is 3.04. The van der Waals surface area contributed by atoms with Crippen LogP contribution in [0.4, 0.5) is 0 Å². The van der Waals surface area contributed by atoms with Crippen molar-refractivity contribution in [3.05, 3.63) is 0 Å². The third-order valence-corrected chi connectivity index (χ3v) is 7.31. The first-order valence-electron chi connectivity index (χ1n) is 14.7. The average molecular weight is 722 g/mol. The number of nitrogens with one attached hydrogen (secondary N) is 7. The van der Waals surface area contributed by atoms with Gasteiger partial charge in [0.15, 0.2) is 5.96 Å². The van der Waals surface area contributed by atoms with Crippen molar-refractivity contribution in [1.82, 2.24) is 37.2 Å². The molecule has 0 saturated carbocycles. The first-order chi connectivity index (χ1) is 22.7. The molecule has 48 heavy (non-hydrogen) atoms. The molecule has 0 heterocycles. The van der Waals surface area contributed by atoms with Crippen molar-refractivity contribution in [3.63, 3.8) is 0 Å². The molecule has 0 aromatic carbocycles. The van der Waals surface area contributed by atoms with Crippen molar-refractivity contribution in [3.8, 4) is 0 Å². The number of aliphatic imine (C=N–C) groups is 1. The molecule has 0 aromatic rings. The van der Waals surface area contributed by atoms with Crippen molar-refractivity contribution < 1.29 is 43.5 Å². The van der Waals surface area contributed by atoms with Gasteiger partial charge in [0.05, 0.1) is 26.2 Å². The minimum Gasteiger partial charge on any atom is -0.480 e. The Labute approximate surface area is 286 Å². The van der Waals surface area contributed by atoms with Crippen molar-refractivity contribution in [1.29, 1.82) is 0 Å². The molecule has 0 radical (unpaired) electrons. The summed E-state index contributed by atoms with van der Waals surface area (Å²) < 4.78 is 0. The summed E-state index contributed by atoms with van der Waals surface area (Å²) in [6.07, 6.45) is 4.26. The van der Waals surface area contributed by atoms with Crippen LogP contribution in [0.15, 0.2) is 4.99 Å². The molecule has 7 amide bonds. The zero-order chi connectivity index (χ0) is 36.5. The van der Waals surface area contributed by atoms with Gasteiger partial charge in [-0.1, -0.05) is 0 Å². The van der Waals surface area contributed by atoms with E-state index in [9.17, 15) is 38.4 Å². The highest BCUT2D eigenvalue weighted by Gasteiger charge is 2.29. The van der Waals surface area contributed by atoms with Gasteiger partial charge < -0.3 is 59.5 Å². The maximum absolute atomic E-state index is 13.5. The number of carbonyl (C=O) groups is 8. The normalized spacial score (nSPS) is 12.2. The molecule has 14 N–H and O–H groups in total. The molecule has 0 unspecified atom stereocenters. The predicted octanol–water partition coefficient (Wildman–Crippen LogP) is -5.49. The molecule has 0 aromatic heterocycles. The van der Waals surface area contributed by atoms with Crippen LogP contribution in [0, 0.1) is 0 Å². The molecule has 3 atom stereocenters. The summed E-state index contributed by atoms with van der Waals surface area (Å²) >= 11 is 2.82. The largest absolute Gasteiger partial charge is 0.480 e. The van der Waals surface area contributed by atoms with Gasteiger partial charge in [0.1, 0.15) is 24.7 Å². The molecule has 0 bridgehead atoms. The number of thioether (sulfide) groups is 2. The molecule has 272 valence electrons.